The molecule has 2 N–H and O–H groups in total. The number of phenolic OH excluding ortho intramolecular Hbond substituents is 1. The van der Waals surface area contributed by atoms with Crippen molar-refractivity contribution in [2.24, 2.45) is 0 Å². The zero-order valence-electron chi connectivity index (χ0n) is 15.8. The van der Waals surface area contributed by atoms with Gasteiger partial charge in [0.15, 0.2) is 5.78 Å². The van der Waals surface area contributed by atoms with E-state index in [-0.39, 0.29) is 23.0 Å². The van der Waals surface area contributed by atoms with Crippen LogP contribution >= 0.6 is 0 Å². The summed E-state index contributed by atoms with van der Waals surface area (Å²) in [6, 6.07) is 22.4. The van der Waals surface area contributed by atoms with Gasteiger partial charge >= 0.3 is 0 Å². The van der Waals surface area contributed by atoms with Crippen molar-refractivity contribution in [3.8, 4) is 5.75 Å². The van der Waals surface area contributed by atoms with Gasteiger partial charge in [0.1, 0.15) is 5.75 Å². The molecule has 1 amide bonds. The monoisotopic (exact) mass is 373 g/mol. The average molecular weight is 373 g/mol. The maximum atomic E-state index is 12.4. The summed E-state index contributed by atoms with van der Waals surface area (Å²) in [4.78, 5) is 23.9. The molecule has 0 saturated carbocycles. The van der Waals surface area contributed by atoms with Crippen molar-refractivity contribution < 1.29 is 14.7 Å². The molecule has 0 atom stereocenters. The van der Waals surface area contributed by atoms with Crippen LogP contribution in [0.15, 0.2) is 72.8 Å². The van der Waals surface area contributed by atoms with Crippen LogP contribution in [0.3, 0.4) is 0 Å². The number of hydrogen-bond acceptors (Lipinski definition) is 3. The van der Waals surface area contributed by atoms with Crippen LogP contribution in [0.5, 0.6) is 5.75 Å². The molecule has 0 aromatic heterocycles. The quantitative estimate of drug-likeness (QED) is 0.451. The first-order chi connectivity index (χ1) is 13.5. The topological polar surface area (TPSA) is 66.4 Å². The van der Waals surface area contributed by atoms with Gasteiger partial charge in [-0.05, 0) is 67.6 Å². The molecule has 0 fully saturated rings. The van der Waals surface area contributed by atoms with Crippen LogP contribution in [0.4, 0.5) is 5.69 Å². The predicted octanol–water partition coefficient (Wildman–Crippen LogP) is 5.02. The molecule has 3 aromatic rings. The fourth-order valence-electron chi connectivity index (χ4n) is 3.06. The highest BCUT2D eigenvalue weighted by molar-refractivity contribution is 6.05. The highest BCUT2D eigenvalue weighted by Crippen LogP contribution is 2.22. The fourth-order valence-corrected chi connectivity index (χ4v) is 3.06. The lowest BCUT2D eigenvalue weighted by Crippen LogP contribution is -2.12. The minimum atomic E-state index is -0.256. The van der Waals surface area contributed by atoms with Crippen molar-refractivity contribution >= 4 is 17.4 Å². The Bertz CT molecular complexity index is 963. The maximum absolute atomic E-state index is 12.4. The summed E-state index contributed by atoms with van der Waals surface area (Å²) in [7, 11) is 0. The fraction of sp³-hybridized carbons (Fsp3) is 0.167. The Morgan fingerprint density at radius 3 is 2.14 bits per heavy atom. The molecular weight excluding hydrogens is 350 g/mol. The van der Waals surface area contributed by atoms with Gasteiger partial charge in [0.25, 0.3) is 5.91 Å². The number of aryl methyl sites for hydroxylation is 2. The Kier molecular flexibility index (Phi) is 6.22. The molecule has 0 aliphatic rings. The van der Waals surface area contributed by atoms with Crippen molar-refractivity contribution in [2.75, 3.05) is 5.32 Å². The molecule has 4 nitrogen and oxygen atoms in total. The van der Waals surface area contributed by atoms with Gasteiger partial charge in [0, 0.05) is 11.3 Å². The zero-order chi connectivity index (χ0) is 19.9. The van der Waals surface area contributed by atoms with Crippen LogP contribution in [0.1, 0.15) is 45.2 Å². The third-order valence-electron chi connectivity index (χ3n) is 4.62. The summed E-state index contributed by atoms with van der Waals surface area (Å²) in [6.07, 6.45) is 3.04. The summed E-state index contributed by atoms with van der Waals surface area (Å²) < 4.78 is 0. The number of carbonyl (C=O) groups excluding carboxylic acids is 2. The Balaban J connectivity index is 1.58. The standard InChI is InChI=1S/C24H23NO3/c1-17(26)22-16-21(14-15-23(22)27)25-24(28)20-12-10-19(11-13-20)9-5-8-18-6-3-2-4-7-18/h2-4,6-7,10-16,27H,5,8-9H2,1H3,(H,25,28). The highest BCUT2D eigenvalue weighted by Gasteiger charge is 2.10. The second-order valence-electron chi connectivity index (χ2n) is 6.78. The number of nitrogens with one attached hydrogen (secondary N) is 1. The van der Waals surface area contributed by atoms with E-state index in [1.165, 1.54) is 30.2 Å². The Morgan fingerprint density at radius 2 is 1.50 bits per heavy atom. The maximum Gasteiger partial charge on any atom is 0.255 e. The van der Waals surface area contributed by atoms with Gasteiger partial charge in [0.2, 0.25) is 0 Å². The number of hydrogen-bond donors (Lipinski definition) is 2. The lowest BCUT2D eigenvalue weighted by molar-refractivity contribution is 0.100. The summed E-state index contributed by atoms with van der Waals surface area (Å²) in [6.45, 7) is 1.37. The minimum Gasteiger partial charge on any atom is -0.507 e. The Labute approximate surface area is 164 Å². The number of benzene rings is 3. The third kappa shape index (κ3) is 5.07. The van der Waals surface area contributed by atoms with E-state index in [1.807, 2.05) is 18.2 Å². The van der Waals surface area contributed by atoms with E-state index in [0.717, 1.165) is 19.3 Å². The number of amides is 1. The normalized spacial score (nSPS) is 10.5. The van der Waals surface area contributed by atoms with E-state index in [9.17, 15) is 14.7 Å². The molecule has 0 unspecified atom stereocenters. The van der Waals surface area contributed by atoms with Crippen molar-refractivity contribution in [1.29, 1.82) is 0 Å². The summed E-state index contributed by atoms with van der Waals surface area (Å²) in [5, 5.41) is 12.5. The summed E-state index contributed by atoms with van der Waals surface area (Å²) in [5.74, 6) is -0.602. The predicted molar refractivity (Wildman–Crippen MR) is 111 cm³/mol. The van der Waals surface area contributed by atoms with E-state index in [0.29, 0.717) is 11.3 Å². The molecule has 0 bridgehead atoms. The summed E-state index contributed by atoms with van der Waals surface area (Å²) in [5.41, 5.74) is 3.73. The average Bonchev–Trinajstić information content (AvgIpc) is 2.70. The van der Waals surface area contributed by atoms with Crippen LogP contribution in [0, 0.1) is 0 Å². The molecule has 142 valence electrons. The van der Waals surface area contributed by atoms with E-state index >= 15 is 0 Å². The largest absolute Gasteiger partial charge is 0.507 e. The molecule has 0 saturated heterocycles. The van der Waals surface area contributed by atoms with Crippen molar-refractivity contribution in [1.82, 2.24) is 0 Å². The first kappa shape index (κ1) is 19.4. The first-order valence-corrected chi connectivity index (χ1v) is 9.31. The Morgan fingerprint density at radius 1 is 0.857 bits per heavy atom. The molecule has 0 spiro atoms. The van der Waals surface area contributed by atoms with Crippen molar-refractivity contribution in [3.05, 3.63) is 95.1 Å². The molecule has 0 heterocycles. The number of phenols is 1. The van der Waals surface area contributed by atoms with Gasteiger partial charge in [-0.3, -0.25) is 9.59 Å². The van der Waals surface area contributed by atoms with Crippen LogP contribution in [-0.2, 0) is 12.8 Å². The van der Waals surface area contributed by atoms with E-state index in [2.05, 4.69) is 29.6 Å². The smallest absolute Gasteiger partial charge is 0.255 e. The van der Waals surface area contributed by atoms with E-state index in [1.54, 1.807) is 18.2 Å². The van der Waals surface area contributed by atoms with Gasteiger partial charge < -0.3 is 10.4 Å². The molecule has 0 radical (unpaired) electrons. The lowest BCUT2D eigenvalue weighted by atomic mass is 10.0. The molecule has 28 heavy (non-hydrogen) atoms. The van der Waals surface area contributed by atoms with E-state index < -0.39 is 0 Å². The van der Waals surface area contributed by atoms with Gasteiger partial charge in [0.05, 0.1) is 5.56 Å². The lowest BCUT2D eigenvalue weighted by Gasteiger charge is -2.08. The number of carbonyl (C=O) groups is 2. The second kappa shape index (κ2) is 9.00. The van der Waals surface area contributed by atoms with Gasteiger partial charge in [-0.2, -0.15) is 0 Å². The van der Waals surface area contributed by atoms with Gasteiger partial charge in [-0.25, -0.2) is 0 Å². The number of anilines is 1. The van der Waals surface area contributed by atoms with Crippen molar-refractivity contribution in [3.63, 3.8) is 0 Å². The number of aromatic hydroxyl groups is 1. The number of ketones is 1. The SMILES string of the molecule is CC(=O)c1cc(NC(=O)c2ccc(CCCc3ccccc3)cc2)ccc1O. The van der Waals surface area contributed by atoms with Crippen LogP contribution in [0.2, 0.25) is 0 Å². The summed E-state index contributed by atoms with van der Waals surface area (Å²) >= 11 is 0. The molecule has 0 aliphatic carbocycles. The van der Waals surface area contributed by atoms with Crippen molar-refractivity contribution in [2.45, 2.75) is 26.2 Å². The third-order valence-corrected chi connectivity index (χ3v) is 4.62. The molecular formula is C24H23NO3. The van der Waals surface area contributed by atoms with Gasteiger partial charge in [-0.1, -0.05) is 42.5 Å². The molecule has 3 aromatic carbocycles. The van der Waals surface area contributed by atoms with Crippen LogP contribution in [0.25, 0.3) is 0 Å². The van der Waals surface area contributed by atoms with Gasteiger partial charge in [-0.15, -0.1) is 0 Å². The minimum absolute atomic E-state index is 0.0923. The zero-order valence-corrected chi connectivity index (χ0v) is 15.8. The first-order valence-electron chi connectivity index (χ1n) is 9.31. The number of Topliss-reactive ketones (excluding diaryl/α,β-unsaturated/α-hetero) is 1. The van der Waals surface area contributed by atoms with Crippen LogP contribution < -0.4 is 5.32 Å². The highest BCUT2D eigenvalue weighted by atomic mass is 16.3. The van der Waals surface area contributed by atoms with E-state index in [4.69, 9.17) is 0 Å². The Hall–Kier alpha value is -3.40. The molecule has 4 heteroatoms. The van der Waals surface area contributed by atoms with Crippen LogP contribution in [-0.4, -0.2) is 16.8 Å². The molecule has 3 rings (SSSR count). The molecule has 0 aliphatic heterocycles. The second-order valence-corrected chi connectivity index (χ2v) is 6.78. The number of rotatable bonds is 7.